The first-order chi connectivity index (χ1) is 12.3. The van der Waals surface area contributed by atoms with E-state index >= 15 is 0 Å². The van der Waals surface area contributed by atoms with Gasteiger partial charge < -0.3 is 10.6 Å². The van der Waals surface area contributed by atoms with E-state index in [2.05, 4.69) is 20.8 Å². The maximum absolute atomic E-state index is 12.3. The molecule has 0 atom stereocenters. The Morgan fingerprint density at radius 1 is 0.808 bits per heavy atom. The summed E-state index contributed by atoms with van der Waals surface area (Å²) >= 11 is 0. The molecule has 2 heterocycles. The summed E-state index contributed by atoms with van der Waals surface area (Å²) in [5.41, 5.74) is 3.30. The van der Waals surface area contributed by atoms with Crippen LogP contribution < -0.4 is 10.6 Å². The van der Waals surface area contributed by atoms with Crippen LogP contribution in [0, 0.1) is 27.7 Å². The largest absolute Gasteiger partial charge is 0.342 e. The lowest BCUT2D eigenvalue weighted by Crippen LogP contribution is -2.46. The highest BCUT2D eigenvalue weighted by atomic mass is 16.2. The Kier molecular flexibility index (Phi) is 5.11. The van der Waals surface area contributed by atoms with Gasteiger partial charge in [-0.05, 0) is 65.5 Å². The zero-order chi connectivity index (χ0) is 18.8. The number of carbonyl (C=O) groups is 2. The van der Waals surface area contributed by atoms with Gasteiger partial charge in [0.15, 0.2) is 0 Å². The van der Waals surface area contributed by atoms with E-state index in [4.69, 9.17) is 0 Å². The van der Waals surface area contributed by atoms with Crippen LogP contribution in [0.5, 0.6) is 0 Å². The molecule has 0 spiro atoms. The minimum Gasteiger partial charge on any atom is -0.333 e. The highest BCUT2D eigenvalue weighted by Crippen LogP contribution is 2.19. The summed E-state index contributed by atoms with van der Waals surface area (Å²) in [5, 5.41) is 14.5. The second-order valence-corrected chi connectivity index (χ2v) is 7.13. The second kappa shape index (κ2) is 7.31. The predicted molar refractivity (Wildman–Crippen MR) is 97.3 cm³/mol. The van der Waals surface area contributed by atoms with Gasteiger partial charge >= 0.3 is 12.1 Å². The van der Waals surface area contributed by atoms with Crippen molar-refractivity contribution in [2.24, 2.45) is 0 Å². The van der Waals surface area contributed by atoms with Crippen LogP contribution in [0.4, 0.5) is 9.59 Å². The first-order valence-corrected chi connectivity index (χ1v) is 9.01. The van der Waals surface area contributed by atoms with Crippen LogP contribution >= 0.6 is 0 Å². The summed E-state index contributed by atoms with van der Waals surface area (Å²) in [5.74, 6) is 0. The van der Waals surface area contributed by atoms with Crippen LogP contribution in [-0.2, 0) is 0 Å². The molecule has 2 amide bonds. The molecule has 8 nitrogen and oxygen atoms in total. The Morgan fingerprint density at radius 2 is 1.15 bits per heavy atom. The van der Waals surface area contributed by atoms with E-state index in [1.807, 2.05) is 39.8 Å². The second-order valence-electron chi connectivity index (χ2n) is 7.13. The lowest BCUT2D eigenvalue weighted by Gasteiger charge is -2.29. The maximum Gasteiger partial charge on any atom is 0.342 e. The van der Waals surface area contributed by atoms with Gasteiger partial charge in [0, 0.05) is 23.5 Å². The monoisotopic (exact) mass is 358 g/mol. The van der Waals surface area contributed by atoms with Crippen LogP contribution in [0.15, 0.2) is 12.1 Å². The molecule has 1 aliphatic carbocycles. The number of rotatable bonds is 2. The molecule has 8 heteroatoms. The van der Waals surface area contributed by atoms with Gasteiger partial charge in [0.2, 0.25) is 0 Å². The first-order valence-electron chi connectivity index (χ1n) is 9.01. The molecule has 2 N–H and O–H groups in total. The zero-order valence-corrected chi connectivity index (χ0v) is 15.7. The van der Waals surface area contributed by atoms with Crippen molar-refractivity contribution in [1.82, 2.24) is 30.2 Å². The summed E-state index contributed by atoms with van der Waals surface area (Å²) < 4.78 is 2.82. The fraction of sp³-hybridized carbons (Fsp3) is 0.556. The van der Waals surface area contributed by atoms with Gasteiger partial charge in [-0.1, -0.05) is 0 Å². The first kappa shape index (κ1) is 18.2. The number of nitrogens with one attached hydrogen (secondary N) is 2. The van der Waals surface area contributed by atoms with Crippen molar-refractivity contribution in [3.05, 3.63) is 34.9 Å². The van der Waals surface area contributed by atoms with Crippen LogP contribution in [0.2, 0.25) is 0 Å². The summed E-state index contributed by atoms with van der Waals surface area (Å²) in [6.07, 6.45) is 3.31. The van der Waals surface area contributed by atoms with Gasteiger partial charge in [-0.25, -0.2) is 9.59 Å². The third-order valence-electron chi connectivity index (χ3n) is 4.79. The maximum atomic E-state index is 12.3. The van der Waals surface area contributed by atoms with Gasteiger partial charge in [0.05, 0.1) is 11.4 Å². The standard InChI is InChI=1S/C18H26N6O2/c1-11-9-13(3)23(21-11)17(25)19-15-5-7-16(8-6-15)20-18(26)24-14(4)10-12(2)22-24/h9-10,15-16H,5-8H2,1-4H3,(H,19,25)(H,20,26). The SMILES string of the molecule is Cc1cc(C)n(C(=O)NC2CCC(NC(=O)n3nc(C)cc3C)CC2)n1. The van der Waals surface area contributed by atoms with E-state index in [9.17, 15) is 9.59 Å². The Labute approximate surface area is 152 Å². The molecule has 0 unspecified atom stereocenters. The highest BCUT2D eigenvalue weighted by Gasteiger charge is 2.25. The van der Waals surface area contributed by atoms with E-state index in [0.29, 0.717) is 0 Å². The number of carbonyl (C=O) groups excluding carboxylic acids is 2. The van der Waals surface area contributed by atoms with E-state index in [-0.39, 0.29) is 24.1 Å². The van der Waals surface area contributed by atoms with Crippen LogP contribution in [0.1, 0.15) is 48.5 Å². The molecule has 26 heavy (non-hydrogen) atoms. The molecule has 140 valence electrons. The number of hydrogen-bond acceptors (Lipinski definition) is 4. The molecule has 2 aromatic heterocycles. The fourth-order valence-electron chi connectivity index (χ4n) is 3.52. The minimum absolute atomic E-state index is 0.105. The zero-order valence-electron chi connectivity index (χ0n) is 15.7. The molecule has 3 rings (SSSR count). The Balaban J connectivity index is 1.50. The third kappa shape index (κ3) is 3.95. The highest BCUT2D eigenvalue weighted by molar-refractivity contribution is 5.77. The topological polar surface area (TPSA) is 93.8 Å². The van der Waals surface area contributed by atoms with Crippen molar-refractivity contribution in [3.63, 3.8) is 0 Å². The van der Waals surface area contributed by atoms with E-state index < -0.39 is 0 Å². The van der Waals surface area contributed by atoms with Crippen molar-refractivity contribution >= 4 is 12.1 Å². The predicted octanol–water partition coefficient (Wildman–Crippen LogP) is 2.44. The molecule has 1 fully saturated rings. The number of hydrogen-bond donors (Lipinski definition) is 2. The smallest absolute Gasteiger partial charge is 0.333 e. The summed E-state index contributed by atoms with van der Waals surface area (Å²) in [7, 11) is 0. The molecular weight excluding hydrogens is 332 g/mol. The molecule has 0 saturated heterocycles. The van der Waals surface area contributed by atoms with Crippen LogP contribution in [0.3, 0.4) is 0 Å². The Morgan fingerprint density at radius 3 is 1.42 bits per heavy atom. The van der Waals surface area contributed by atoms with Gasteiger partial charge in [-0.2, -0.15) is 19.6 Å². The normalized spacial score (nSPS) is 20.0. The van der Waals surface area contributed by atoms with E-state index in [1.54, 1.807) is 0 Å². The van der Waals surface area contributed by atoms with Crippen molar-refractivity contribution in [3.8, 4) is 0 Å². The summed E-state index contributed by atoms with van der Waals surface area (Å²) in [4.78, 5) is 24.7. The third-order valence-corrected chi connectivity index (χ3v) is 4.79. The summed E-state index contributed by atoms with van der Waals surface area (Å²) in [6, 6.07) is 3.59. The number of aryl methyl sites for hydroxylation is 4. The quantitative estimate of drug-likeness (QED) is 0.862. The number of nitrogens with zero attached hydrogens (tertiary/aromatic N) is 4. The molecular formula is C18H26N6O2. The average molecular weight is 358 g/mol. The van der Waals surface area contributed by atoms with E-state index in [0.717, 1.165) is 48.5 Å². The fourth-order valence-corrected chi connectivity index (χ4v) is 3.52. The molecule has 1 saturated carbocycles. The number of aromatic nitrogens is 4. The van der Waals surface area contributed by atoms with Gasteiger partial charge in [0.25, 0.3) is 0 Å². The van der Waals surface area contributed by atoms with Crippen molar-refractivity contribution < 1.29 is 9.59 Å². The Bertz CT molecular complexity index is 746. The Hall–Kier alpha value is -2.64. The van der Waals surface area contributed by atoms with Gasteiger partial charge in [0.1, 0.15) is 0 Å². The summed E-state index contributed by atoms with van der Waals surface area (Å²) in [6.45, 7) is 7.47. The van der Waals surface area contributed by atoms with Crippen molar-refractivity contribution in [2.75, 3.05) is 0 Å². The van der Waals surface area contributed by atoms with Crippen LogP contribution in [-0.4, -0.2) is 43.7 Å². The molecule has 2 aromatic rings. The average Bonchev–Trinajstić information content (AvgIpc) is 3.10. The molecule has 0 aliphatic heterocycles. The number of amides is 2. The minimum atomic E-state index is -0.189. The van der Waals surface area contributed by atoms with Crippen molar-refractivity contribution in [2.45, 2.75) is 65.5 Å². The lowest BCUT2D eigenvalue weighted by molar-refractivity contribution is 0.219. The molecule has 0 radical (unpaired) electrons. The van der Waals surface area contributed by atoms with Crippen molar-refractivity contribution in [1.29, 1.82) is 0 Å². The van der Waals surface area contributed by atoms with Crippen LogP contribution in [0.25, 0.3) is 0 Å². The van der Waals surface area contributed by atoms with Gasteiger partial charge in [-0.3, -0.25) is 0 Å². The molecule has 1 aliphatic rings. The molecule has 0 bridgehead atoms. The molecule has 0 aromatic carbocycles. The lowest BCUT2D eigenvalue weighted by atomic mass is 9.91. The van der Waals surface area contributed by atoms with E-state index in [1.165, 1.54) is 9.36 Å². The van der Waals surface area contributed by atoms with Gasteiger partial charge in [-0.15, -0.1) is 0 Å².